The molecule has 54 valence electrons. The zero-order valence-electron chi connectivity index (χ0n) is 5.20. The molecule has 0 aliphatic heterocycles. The van der Waals surface area contributed by atoms with Crippen molar-refractivity contribution < 1.29 is 15.3 Å². The van der Waals surface area contributed by atoms with Gasteiger partial charge in [-0.2, -0.15) is 0 Å². The van der Waals surface area contributed by atoms with Crippen LogP contribution >= 0.6 is 0 Å². The fourth-order valence-electron chi connectivity index (χ4n) is 0.505. The molecule has 0 aliphatic carbocycles. The maximum Gasteiger partial charge on any atom is 0.156 e. The molecular formula is C6H12O3. The molecule has 0 heterocycles. The van der Waals surface area contributed by atoms with Crippen molar-refractivity contribution >= 4 is 0 Å². The van der Waals surface area contributed by atoms with Crippen molar-refractivity contribution in [3.05, 3.63) is 12.7 Å². The van der Waals surface area contributed by atoms with E-state index in [4.69, 9.17) is 15.3 Å². The van der Waals surface area contributed by atoms with Crippen LogP contribution in [-0.2, 0) is 0 Å². The molecule has 0 aliphatic rings. The first-order valence-electron chi connectivity index (χ1n) is 2.80. The van der Waals surface area contributed by atoms with E-state index in [0.717, 1.165) is 0 Å². The number of aliphatic hydroxyl groups excluding tert-OH is 2. The van der Waals surface area contributed by atoms with E-state index in [1.807, 2.05) is 0 Å². The van der Waals surface area contributed by atoms with E-state index in [1.165, 1.54) is 0 Å². The van der Waals surface area contributed by atoms with Crippen LogP contribution in [0.2, 0.25) is 0 Å². The van der Waals surface area contributed by atoms with Crippen molar-refractivity contribution in [2.24, 2.45) is 5.92 Å². The molecule has 0 amide bonds. The summed E-state index contributed by atoms with van der Waals surface area (Å²) < 4.78 is 0. The zero-order valence-corrected chi connectivity index (χ0v) is 5.20. The van der Waals surface area contributed by atoms with Crippen molar-refractivity contribution in [2.45, 2.75) is 12.7 Å². The summed E-state index contributed by atoms with van der Waals surface area (Å²) in [4.78, 5) is 0. The third-order valence-corrected chi connectivity index (χ3v) is 1.13. The van der Waals surface area contributed by atoms with Gasteiger partial charge in [0, 0.05) is 5.92 Å². The number of rotatable bonds is 4. The Bertz CT molecular complexity index is 80.4. The highest BCUT2D eigenvalue weighted by molar-refractivity contribution is 4.73. The molecule has 0 aromatic rings. The van der Waals surface area contributed by atoms with Crippen LogP contribution in [0, 0.1) is 5.92 Å². The van der Waals surface area contributed by atoms with Crippen molar-refractivity contribution in [1.82, 2.24) is 0 Å². The van der Waals surface area contributed by atoms with E-state index in [0.29, 0.717) is 6.42 Å². The Labute approximate surface area is 54.3 Å². The second-order valence-electron chi connectivity index (χ2n) is 1.88. The maximum absolute atomic E-state index is 8.49. The molecule has 1 unspecified atom stereocenters. The third-order valence-electron chi connectivity index (χ3n) is 1.13. The molecule has 0 aromatic heterocycles. The predicted molar refractivity (Wildman–Crippen MR) is 33.6 cm³/mol. The van der Waals surface area contributed by atoms with E-state index >= 15 is 0 Å². The van der Waals surface area contributed by atoms with Crippen LogP contribution in [0.4, 0.5) is 0 Å². The maximum atomic E-state index is 8.49. The summed E-state index contributed by atoms with van der Waals surface area (Å²) >= 11 is 0. The fourth-order valence-corrected chi connectivity index (χ4v) is 0.505. The Morgan fingerprint density at radius 2 is 2.00 bits per heavy atom. The summed E-state index contributed by atoms with van der Waals surface area (Å²) in [5, 5.41) is 25.4. The standard InChI is InChI=1S/C6H12O3/c1-2-3-5(4-7)6(8)9/h2,5-9H,1,3-4H2. The summed E-state index contributed by atoms with van der Waals surface area (Å²) in [7, 11) is 0. The highest BCUT2D eigenvalue weighted by atomic mass is 16.5. The lowest BCUT2D eigenvalue weighted by Gasteiger charge is -2.12. The predicted octanol–water partition coefficient (Wildman–Crippen LogP) is -0.518. The third kappa shape index (κ3) is 3.24. The average molecular weight is 132 g/mol. The molecule has 3 N–H and O–H groups in total. The van der Waals surface area contributed by atoms with Gasteiger partial charge in [-0.25, -0.2) is 0 Å². The van der Waals surface area contributed by atoms with Crippen LogP contribution in [0.25, 0.3) is 0 Å². The van der Waals surface area contributed by atoms with Gasteiger partial charge in [0.05, 0.1) is 6.61 Å². The first-order chi connectivity index (χ1) is 4.22. The quantitative estimate of drug-likeness (QED) is 0.356. The summed E-state index contributed by atoms with van der Waals surface area (Å²) in [6.07, 6.45) is 0.530. The molecule has 0 bridgehead atoms. The summed E-state index contributed by atoms with van der Waals surface area (Å²) in [6.45, 7) is 3.18. The molecule has 9 heavy (non-hydrogen) atoms. The van der Waals surface area contributed by atoms with Crippen LogP contribution in [-0.4, -0.2) is 28.2 Å². The molecule has 3 heteroatoms. The Kier molecular flexibility index (Phi) is 4.30. The van der Waals surface area contributed by atoms with Crippen LogP contribution in [0.3, 0.4) is 0 Å². The second-order valence-corrected chi connectivity index (χ2v) is 1.88. The van der Waals surface area contributed by atoms with Gasteiger partial charge in [0.15, 0.2) is 6.29 Å². The number of aliphatic hydroxyl groups is 3. The minimum absolute atomic E-state index is 0.219. The van der Waals surface area contributed by atoms with Gasteiger partial charge >= 0.3 is 0 Å². The van der Waals surface area contributed by atoms with Gasteiger partial charge in [-0.15, -0.1) is 6.58 Å². The second kappa shape index (κ2) is 4.49. The Balaban J connectivity index is 3.53. The van der Waals surface area contributed by atoms with Crippen LogP contribution in [0.5, 0.6) is 0 Å². The van der Waals surface area contributed by atoms with E-state index in [-0.39, 0.29) is 6.61 Å². The monoisotopic (exact) mass is 132 g/mol. The van der Waals surface area contributed by atoms with E-state index in [2.05, 4.69) is 6.58 Å². The lowest BCUT2D eigenvalue weighted by molar-refractivity contribution is -0.0951. The summed E-state index contributed by atoms with van der Waals surface area (Å²) in [5.41, 5.74) is 0. The van der Waals surface area contributed by atoms with E-state index in [1.54, 1.807) is 6.08 Å². The zero-order chi connectivity index (χ0) is 7.28. The molecular weight excluding hydrogens is 120 g/mol. The number of allylic oxidation sites excluding steroid dienone is 1. The first-order valence-corrected chi connectivity index (χ1v) is 2.80. The van der Waals surface area contributed by atoms with Gasteiger partial charge in [-0.05, 0) is 6.42 Å². The molecule has 0 saturated carbocycles. The highest BCUT2D eigenvalue weighted by Gasteiger charge is 2.12. The average Bonchev–Trinajstić information content (AvgIpc) is 1.82. The number of hydrogen-bond acceptors (Lipinski definition) is 3. The Morgan fingerprint density at radius 3 is 2.11 bits per heavy atom. The van der Waals surface area contributed by atoms with Crippen molar-refractivity contribution in [1.29, 1.82) is 0 Å². The van der Waals surface area contributed by atoms with Crippen molar-refractivity contribution in [2.75, 3.05) is 6.61 Å². The normalized spacial score (nSPS) is 13.8. The number of hydrogen-bond donors (Lipinski definition) is 3. The van der Waals surface area contributed by atoms with Crippen LogP contribution in [0.15, 0.2) is 12.7 Å². The topological polar surface area (TPSA) is 60.7 Å². The Morgan fingerprint density at radius 1 is 1.44 bits per heavy atom. The van der Waals surface area contributed by atoms with Gasteiger partial charge in [0.2, 0.25) is 0 Å². The van der Waals surface area contributed by atoms with Crippen LogP contribution < -0.4 is 0 Å². The first kappa shape index (κ1) is 8.62. The molecule has 1 atom stereocenters. The molecule has 0 saturated heterocycles. The lowest BCUT2D eigenvalue weighted by atomic mass is 10.1. The van der Waals surface area contributed by atoms with Gasteiger partial charge in [-0.1, -0.05) is 6.08 Å². The Hall–Kier alpha value is -0.380. The lowest BCUT2D eigenvalue weighted by Crippen LogP contribution is -2.22. The molecule has 0 rings (SSSR count). The van der Waals surface area contributed by atoms with Crippen molar-refractivity contribution in [3.63, 3.8) is 0 Å². The van der Waals surface area contributed by atoms with Gasteiger partial charge in [-0.3, -0.25) is 0 Å². The molecule has 0 radical (unpaired) electrons. The molecule has 0 fully saturated rings. The SMILES string of the molecule is C=CCC(CO)C(O)O. The minimum Gasteiger partial charge on any atom is -0.396 e. The largest absolute Gasteiger partial charge is 0.396 e. The fraction of sp³-hybridized carbons (Fsp3) is 0.667. The van der Waals surface area contributed by atoms with Gasteiger partial charge in [0.25, 0.3) is 0 Å². The van der Waals surface area contributed by atoms with E-state index in [9.17, 15) is 0 Å². The smallest absolute Gasteiger partial charge is 0.156 e. The summed E-state index contributed by atoms with van der Waals surface area (Å²) in [5.74, 6) is -0.484. The summed E-state index contributed by atoms with van der Waals surface area (Å²) in [6, 6.07) is 0. The highest BCUT2D eigenvalue weighted by Crippen LogP contribution is 2.05. The van der Waals surface area contributed by atoms with Gasteiger partial charge < -0.3 is 15.3 Å². The minimum atomic E-state index is -1.44. The molecule has 0 aromatic carbocycles. The van der Waals surface area contributed by atoms with Gasteiger partial charge in [0.1, 0.15) is 0 Å². The van der Waals surface area contributed by atoms with Crippen LogP contribution in [0.1, 0.15) is 6.42 Å². The molecule has 3 nitrogen and oxygen atoms in total. The van der Waals surface area contributed by atoms with E-state index < -0.39 is 12.2 Å². The molecule has 0 spiro atoms. The van der Waals surface area contributed by atoms with Crippen molar-refractivity contribution in [3.8, 4) is 0 Å².